The van der Waals surface area contributed by atoms with Crippen LogP contribution < -0.4 is 5.73 Å². The second-order valence-corrected chi connectivity index (χ2v) is 9.62. The van der Waals surface area contributed by atoms with Gasteiger partial charge in [-0.3, -0.25) is 0 Å². The first-order valence-electron chi connectivity index (χ1n) is 5.17. The van der Waals surface area contributed by atoms with Crippen molar-refractivity contribution in [3.63, 3.8) is 0 Å². The summed E-state index contributed by atoms with van der Waals surface area (Å²) in [5.74, 6) is 0. The second kappa shape index (κ2) is 4.75. The van der Waals surface area contributed by atoms with E-state index >= 15 is 0 Å². The van der Waals surface area contributed by atoms with Crippen molar-refractivity contribution < 1.29 is 0 Å². The molecule has 80 valence electrons. The fourth-order valence-electron chi connectivity index (χ4n) is 1.93. The standard InChI is InChI=1S/C11H26NP/c1-10(2,3)13(9-7-8-12)11(4,5)6/h7-9,12H2,1-6H3. The van der Waals surface area contributed by atoms with E-state index in [-0.39, 0.29) is 7.92 Å². The van der Waals surface area contributed by atoms with Crippen LogP contribution in [0.2, 0.25) is 0 Å². The predicted molar refractivity (Wildman–Crippen MR) is 65.0 cm³/mol. The molecule has 0 aromatic heterocycles. The molecule has 0 aromatic rings. The highest BCUT2D eigenvalue weighted by molar-refractivity contribution is 7.60. The van der Waals surface area contributed by atoms with E-state index in [0.29, 0.717) is 10.3 Å². The van der Waals surface area contributed by atoms with Gasteiger partial charge in [0.05, 0.1) is 0 Å². The molecule has 13 heavy (non-hydrogen) atoms. The highest BCUT2D eigenvalue weighted by Crippen LogP contribution is 2.59. The molecule has 0 aliphatic carbocycles. The quantitative estimate of drug-likeness (QED) is 0.699. The van der Waals surface area contributed by atoms with Gasteiger partial charge < -0.3 is 5.73 Å². The average molecular weight is 203 g/mol. The van der Waals surface area contributed by atoms with Gasteiger partial charge >= 0.3 is 0 Å². The average Bonchev–Trinajstić information content (AvgIpc) is 1.81. The van der Waals surface area contributed by atoms with Crippen molar-refractivity contribution >= 4 is 7.92 Å². The van der Waals surface area contributed by atoms with Gasteiger partial charge in [-0.15, -0.1) is 0 Å². The third-order valence-corrected chi connectivity index (χ3v) is 6.21. The molecular formula is C11H26NP. The Hall–Kier alpha value is 0.390. The van der Waals surface area contributed by atoms with Crippen LogP contribution in [0, 0.1) is 0 Å². The summed E-state index contributed by atoms with van der Waals surface area (Å²) in [6, 6.07) is 0. The van der Waals surface area contributed by atoms with Gasteiger partial charge in [0.25, 0.3) is 0 Å². The van der Waals surface area contributed by atoms with Crippen molar-refractivity contribution in [2.24, 2.45) is 5.73 Å². The Morgan fingerprint density at radius 2 is 1.31 bits per heavy atom. The molecule has 0 amide bonds. The number of rotatable bonds is 3. The highest BCUT2D eigenvalue weighted by Gasteiger charge is 2.33. The molecule has 0 heterocycles. The van der Waals surface area contributed by atoms with Gasteiger partial charge in [-0.05, 0) is 29.4 Å². The molecule has 0 spiro atoms. The van der Waals surface area contributed by atoms with Crippen LogP contribution in [0.4, 0.5) is 0 Å². The monoisotopic (exact) mass is 203 g/mol. The van der Waals surface area contributed by atoms with Crippen LogP contribution in [0.3, 0.4) is 0 Å². The third kappa shape index (κ3) is 4.98. The van der Waals surface area contributed by atoms with Gasteiger partial charge in [0.2, 0.25) is 0 Å². The van der Waals surface area contributed by atoms with Crippen molar-refractivity contribution in [3.05, 3.63) is 0 Å². The minimum Gasteiger partial charge on any atom is -0.330 e. The summed E-state index contributed by atoms with van der Waals surface area (Å²) in [4.78, 5) is 0. The number of hydrogen-bond donors (Lipinski definition) is 1. The minimum absolute atomic E-state index is 0.0714. The first-order valence-corrected chi connectivity index (χ1v) is 6.70. The summed E-state index contributed by atoms with van der Waals surface area (Å²) in [5.41, 5.74) is 5.57. The molecule has 0 rings (SSSR count). The molecule has 0 atom stereocenters. The van der Waals surface area contributed by atoms with Crippen LogP contribution in [0.5, 0.6) is 0 Å². The van der Waals surface area contributed by atoms with Gasteiger partial charge in [0, 0.05) is 0 Å². The number of hydrogen-bond acceptors (Lipinski definition) is 1. The summed E-state index contributed by atoms with van der Waals surface area (Å²) < 4.78 is 0. The maximum Gasteiger partial charge on any atom is -0.00739 e. The molecule has 0 aromatic carbocycles. The van der Waals surface area contributed by atoms with Crippen molar-refractivity contribution in [2.45, 2.75) is 58.3 Å². The van der Waals surface area contributed by atoms with E-state index in [4.69, 9.17) is 5.73 Å². The summed E-state index contributed by atoms with van der Waals surface area (Å²) in [6.07, 6.45) is 2.50. The molecule has 0 saturated carbocycles. The Morgan fingerprint density at radius 1 is 0.923 bits per heavy atom. The fraction of sp³-hybridized carbons (Fsp3) is 1.00. The lowest BCUT2D eigenvalue weighted by Crippen LogP contribution is -2.27. The van der Waals surface area contributed by atoms with Crippen molar-refractivity contribution in [1.29, 1.82) is 0 Å². The van der Waals surface area contributed by atoms with E-state index in [9.17, 15) is 0 Å². The molecule has 0 aliphatic heterocycles. The SMILES string of the molecule is CC(C)(C)P(CCCN)C(C)(C)C. The van der Waals surface area contributed by atoms with E-state index < -0.39 is 0 Å². The Kier molecular flexibility index (Phi) is 4.90. The van der Waals surface area contributed by atoms with E-state index in [1.54, 1.807) is 0 Å². The van der Waals surface area contributed by atoms with E-state index in [2.05, 4.69) is 41.5 Å². The molecule has 0 saturated heterocycles. The molecule has 1 nitrogen and oxygen atoms in total. The topological polar surface area (TPSA) is 26.0 Å². The van der Waals surface area contributed by atoms with Crippen LogP contribution in [-0.4, -0.2) is 23.0 Å². The Labute approximate surface area is 85.2 Å². The zero-order valence-corrected chi connectivity index (χ0v) is 11.0. The summed E-state index contributed by atoms with van der Waals surface area (Å²) in [6.45, 7) is 15.0. The van der Waals surface area contributed by atoms with Gasteiger partial charge in [-0.2, -0.15) is 0 Å². The maximum absolute atomic E-state index is 5.57. The molecule has 0 aliphatic rings. The molecule has 0 unspecified atom stereocenters. The molecule has 0 fully saturated rings. The predicted octanol–water partition coefficient (Wildman–Crippen LogP) is 3.41. The zero-order chi connectivity index (χ0) is 10.7. The lowest BCUT2D eigenvalue weighted by Gasteiger charge is -2.41. The second-order valence-electron chi connectivity index (χ2n) is 5.64. The molecule has 2 N–H and O–H groups in total. The van der Waals surface area contributed by atoms with Gasteiger partial charge in [-0.1, -0.05) is 49.5 Å². The van der Waals surface area contributed by atoms with E-state index in [1.807, 2.05) is 0 Å². The molecule has 0 bridgehead atoms. The first kappa shape index (κ1) is 13.4. The van der Waals surface area contributed by atoms with Crippen molar-refractivity contribution in [3.8, 4) is 0 Å². The Morgan fingerprint density at radius 3 is 1.54 bits per heavy atom. The summed E-state index contributed by atoms with van der Waals surface area (Å²) >= 11 is 0. The maximum atomic E-state index is 5.57. The van der Waals surface area contributed by atoms with E-state index in [1.165, 1.54) is 12.6 Å². The van der Waals surface area contributed by atoms with Crippen LogP contribution in [0.15, 0.2) is 0 Å². The third-order valence-electron chi connectivity index (χ3n) is 2.21. The largest absolute Gasteiger partial charge is 0.330 e. The van der Waals surface area contributed by atoms with Crippen LogP contribution in [0.25, 0.3) is 0 Å². The fourth-order valence-corrected chi connectivity index (χ4v) is 5.78. The van der Waals surface area contributed by atoms with E-state index in [0.717, 1.165) is 6.54 Å². The first-order chi connectivity index (χ1) is 5.69. The van der Waals surface area contributed by atoms with Crippen LogP contribution in [-0.2, 0) is 0 Å². The van der Waals surface area contributed by atoms with Gasteiger partial charge in [0.1, 0.15) is 0 Å². The van der Waals surface area contributed by atoms with Gasteiger partial charge in [-0.25, -0.2) is 0 Å². The van der Waals surface area contributed by atoms with Gasteiger partial charge in [0.15, 0.2) is 0 Å². The summed E-state index contributed by atoms with van der Waals surface area (Å²) in [5, 5.41) is 0.922. The zero-order valence-electron chi connectivity index (χ0n) is 10.1. The molecule has 2 heteroatoms. The highest BCUT2D eigenvalue weighted by atomic mass is 31.1. The Bertz CT molecular complexity index is 127. The number of nitrogens with two attached hydrogens (primary N) is 1. The molecular weight excluding hydrogens is 177 g/mol. The minimum atomic E-state index is 0.0714. The smallest absolute Gasteiger partial charge is 0.00739 e. The van der Waals surface area contributed by atoms with Crippen molar-refractivity contribution in [1.82, 2.24) is 0 Å². The molecule has 0 radical (unpaired) electrons. The van der Waals surface area contributed by atoms with Crippen LogP contribution >= 0.6 is 7.92 Å². The lowest BCUT2D eigenvalue weighted by atomic mass is 10.2. The lowest BCUT2D eigenvalue weighted by molar-refractivity contribution is 0.698. The van der Waals surface area contributed by atoms with Crippen molar-refractivity contribution in [2.75, 3.05) is 12.7 Å². The van der Waals surface area contributed by atoms with Crippen LogP contribution in [0.1, 0.15) is 48.0 Å². The normalized spacial score (nSPS) is 13.8. The summed E-state index contributed by atoms with van der Waals surface area (Å²) in [7, 11) is 0.0714. The Balaban J connectivity index is 4.39.